The van der Waals surface area contributed by atoms with Gasteiger partial charge in [0.1, 0.15) is 0 Å². The maximum Gasteiger partial charge on any atom is 0.308 e. The van der Waals surface area contributed by atoms with Gasteiger partial charge < -0.3 is 10.4 Å². The summed E-state index contributed by atoms with van der Waals surface area (Å²) in [6.07, 6.45) is 1.73. The number of para-hydroxylation sites is 1. The zero-order valence-corrected chi connectivity index (χ0v) is 11.4. The number of benzene rings is 1. The van der Waals surface area contributed by atoms with Gasteiger partial charge in [-0.15, -0.1) is 0 Å². The molecule has 0 aliphatic heterocycles. The zero-order valence-electron chi connectivity index (χ0n) is 9.85. The molecule has 0 saturated carbocycles. The number of pyridine rings is 1. The number of nitrogens with one attached hydrogen (secondary N) is 1. The van der Waals surface area contributed by atoms with Gasteiger partial charge in [0.15, 0.2) is 0 Å². The molecule has 0 spiro atoms. The van der Waals surface area contributed by atoms with Gasteiger partial charge in [-0.25, -0.2) is 0 Å². The van der Waals surface area contributed by atoms with Crippen LogP contribution in [0.1, 0.15) is 6.92 Å². The molecule has 0 aliphatic rings. The number of halogens is 1. The molecule has 0 saturated heterocycles. The average Bonchev–Trinajstić information content (AvgIpc) is 2.35. The Balaban J connectivity index is 2.26. The molecule has 1 heterocycles. The van der Waals surface area contributed by atoms with E-state index in [-0.39, 0.29) is 0 Å². The van der Waals surface area contributed by atoms with Crippen molar-refractivity contribution in [3.05, 3.63) is 34.9 Å². The Hall–Kier alpha value is -1.62. The summed E-state index contributed by atoms with van der Waals surface area (Å²) < 4.78 is 0.922. The third-order valence-electron chi connectivity index (χ3n) is 2.70. The van der Waals surface area contributed by atoms with Gasteiger partial charge in [0.05, 0.1) is 17.1 Å². The number of aromatic nitrogens is 1. The normalized spacial score (nSPS) is 12.3. The van der Waals surface area contributed by atoms with Crippen molar-refractivity contribution in [1.29, 1.82) is 0 Å². The minimum Gasteiger partial charge on any atom is -0.481 e. The maximum atomic E-state index is 10.8. The molecule has 2 rings (SSSR count). The standard InChI is InChI=1S/C13H13BrN2O2/c1-8(13(17)18)6-15-11-4-2-3-9-5-10(14)7-16-12(9)11/h2-5,7-8,15H,6H2,1H3,(H,17,18). The van der Waals surface area contributed by atoms with E-state index in [1.54, 1.807) is 13.1 Å². The van der Waals surface area contributed by atoms with Crippen molar-refractivity contribution in [2.24, 2.45) is 5.92 Å². The Morgan fingerprint density at radius 1 is 1.56 bits per heavy atom. The van der Waals surface area contributed by atoms with E-state index in [9.17, 15) is 4.79 Å². The summed E-state index contributed by atoms with van der Waals surface area (Å²) >= 11 is 3.38. The fourth-order valence-corrected chi connectivity index (χ4v) is 1.98. The van der Waals surface area contributed by atoms with Crippen molar-refractivity contribution in [2.45, 2.75) is 6.92 Å². The number of nitrogens with zero attached hydrogens (tertiary/aromatic N) is 1. The molecule has 1 aromatic heterocycles. The molecule has 1 unspecified atom stereocenters. The topological polar surface area (TPSA) is 62.2 Å². The lowest BCUT2D eigenvalue weighted by molar-refractivity contribution is -0.140. The summed E-state index contributed by atoms with van der Waals surface area (Å²) in [6, 6.07) is 7.77. The lowest BCUT2D eigenvalue weighted by Crippen LogP contribution is -2.19. The van der Waals surface area contributed by atoms with Crippen molar-refractivity contribution < 1.29 is 9.90 Å². The summed E-state index contributed by atoms with van der Waals surface area (Å²) in [5, 5.41) is 13.0. The number of aliphatic carboxylic acids is 1. The molecule has 18 heavy (non-hydrogen) atoms. The lowest BCUT2D eigenvalue weighted by atomic mass is 10.1. The molecule has 0 aliphatic carbocycles. The van der Waals surface area contributed by atoms with Crippen molar-refractivity contribution in [2.75, 3.05) is 11.9 Å². The zero-order chi connectivity index (χ0) is 13.1. The number of carboxylic acid groups (broad SMARTS) is 1. The van der Waals surface area contributed by atoms with Crippen LogP contribution in [0.3, 0.4) is 0 Å². The van der Waals surface area contributed by atoms with E-state index in [0.717, 1.165) is 21.1 Å². The molecule has 1 aromatic carbocycles. The third-order valence-corrected chi connectivity index (χ3v) is 3.13. The highest BCUT2D eigenvalue weighted by Gasteiger charge is 2.11. The first-order chi connectivity index (χ1) is 8.58. The fraction of sp³-hybridized carbons (Fsp3) is 0.231. The van der Waals surface area contributed by atoms with Crippen molar-refractivity contribution in [3.63, 3.8) is 0 Å². The summed E-state index contributed by atoms with van der Waals surface area (Å²) in [5.41, 5.74) is 1.70. The molecule has 0 amide bonds. The molecule has 4 nitrogen and oxygen atoms in total. The van der Waals surface area contributed by atoms with E-state index in [0.29, 0.717) is 6.54 Å². The van der Waals surface area contributed by atoms with E-state index >= 15 is 0 Å². The van der Waals surface area contributed by atoms with E-state index in [1.165, 1.54) is 0 Å². The Labute approximate surface area is 113 Å². The van der Waals surface area contributed by atoms with Crippen molar-refractivity contribution >= 4 is 38.5 Å². The van der Waals surface area contributed by atoms with Crippen LogP contribution >= 0.6 is 15.9 Å². The van der Waals surface area contributed by atoms with Crippen LogP contribution in [-0.4, -0.2) is 22.6 Å². The van der Waals surface area contributed by atoms with Crippen molar-refractivity contribution in [3.8, 4) is 0 Å². The Morgan fingerprint density at radius 2 is 2.33 bits per heavy atom. The number of fused-ring (bicyclic) bond motifs is 1. The first-order valence-corrected chi connectivity index (χ1v) is 6.38. The van der Waals surface area contributed by atoms with E-state index in [1.807, 2.05) is 24.3 Å². The minimum absolute atomic E-state index is 0.381. The molecule has 2 N–H and O–H groups in total. The van der Waals surface area contributed by atoms with Gasteiger partial charge in [0, 0.05) is 22.6 Å². The molecule has 94 valence electrons. The monoisotopic (exact) mass is 308 g/mol. The number of rotatable bonds is 4. The molecule has 1 atom stereocenters. The minimum atomic E-state index is -0.807. The molecule has 0 radical (unpaired) electrons. The number of hydrogen-bond donors (Lipinski definition) is 2. The third kappa shape index (κ3) is 2.79. The van der Waals surface area contributed by atoms with Crippen molar-refractivity contribution in [1.82, 2.24) is 4.98 Å². The lowest BCUT2D eigenvalue weighted by Gasteiger charge is -2.11. The van der Waals surface area contributed by atoms with Gasteiger partial charge in [-0.1, -0.05) is 19.1 Å². The van der Waals surface area contributed by atoms with Crippen LogP contribution in [0.4, 0.5) is 5.69 Å². The second-order valence-corrected chi connectivity index (χ2v) is 5.07. The van der Waals surface area contributed by atoms with E-state index in [2.05, 4.69) is 26.2 Å². The second kappa shape index (κ2) is 5.35. The molecule has 0 bridgehead atoms. The maximum absolute atomic E-state index is 10.8. The number of hydrogen-bond acceptors (Lipinski definition) is 3. The van der Waals surface area contributed by atoms with Crippen LogP contribution in [0.25, 0.3) is 10.9 Å². The predicted octanol–water partition coefficient (Wildman–Crippen LogP) is 3.13. The highest BCUT2D eigenvalue weighted by atomic mass is 79.9. The van der Waals surface area contributed by atoms with Gasteiger partial charge in [-0.2, -0.15) is 0 Å². The first-order valence-electron chi connectivity index (χ1n) is 5.59. The van der Waals surface area contributed by atoms with Crippen LogP contribution in [0.5, 0.6) is 0 Å². The van der Waals surface area contributed by atoms with Crippen LogP contribution in [0.2, 0.25) is 0 Å². The van der Waals surface area contributed by atoms with Crippen LogP contribution in [-0.2, 0) is 4.79 Å². The number of anilines is 1. The quantitative estimate of drug-likeness (QED) is 0.911. The van der Waals surface area contributed by atoms with E-state index < -0.39 is 11.9 Å². The second-order valence-electron chi connectivity index (χ2n) is 4.15. The molecular weight excluding hydrogens is 296 g/mol. The number of carbonyl (C=O) groups is 1. The first kappa shape index (κ1) is 12.8. The van der Waals surface area contributed by atoms with Gasteiger partial charge in [-0.05, 0) is 28.1 Å². The highest BCUT2D eigenvalue weighted by molar-refractivity contribution is 9.10. The SMILES string of the molecule is CC(CNc1cccc2cc(Br)cnc12)C(=O)O. The largest absolute Gasteiger partial charge is 0.481 e. The smallest absolute Gasteiger partial charge is 0.308 e. The Morgan fingerprint density at radius 3 is 3.06 bits per heavy atom. The van der Waals surface area contributed by atoms with Gasteiger partial charge >= 0.3 is 5.97 Å². The summed E-state index contributed by atoms with van der Waals surface area (Å²) in [5.74, 6) is -1.24. The molecule has 2 aromatic rings. The summed E-state index contributed by atoms with van der Waals surface area (Å²) in [6.45, 7) is 2.05. The van der Waals surface area contributed by atoms with Gasteiger partial charge in [0.25, 0.3) is 0 Å². The molecule has 0 fully saturated rings. The van der Waals surface area contributed by atoms with Crippen LogP contribution in [0.15, 0.2) is 34.9 Å². The number of carboxylic acids is 1. The van der Waals surface area contributed by atoms with Crippen LogP contribution < -0.4 is 5.32 Å². The van der Waals surface area contributed by atoms with Gasteiger partial charge in [0.2, 0.25) is 0 Å². The Kier molecular flexibility index (Phi) is 3.81. The molecule has 5 heteroatoms. The summed E-state index contributed by atoms with van der Waals surface area (Å²) in [7, 11) is 0. The molecular formula is C13H13BrN2O2. The predicted molar refractivity (Wildman–Crippen MR) is 74.7 cm³/mol. The fourth-order valence-electron chi connectivity index (χ4n) is 1.63. The Bertz CT molecular complexity index is 586. The van der Waals surface area contributed by atoms with E-state index in [4.69, 9.17) is 5.11 Å². The summed E-state index contributed by atoms with van der Waals surface area (Å²) in [4.78, 5) is 15.1. The van der Waals surface area contributed by atoms with Gasteiger partial charge in [-0.3, -0.25) is 9.78 Å². The van der Waals surface area contributed by atoms with Crippen LogP contribution in [0, 0.1) is 5.92 Å². The average molecular weight is 309 g/mol. The highest BCUT2D eigenvalue weighted by Crippen LogP contribution is 2.23.